The molecule has 0 aliphatic heterocycles. The van der Waals surface area contributed by atoms with Crippen LogP contribution in [0.1, 0.15) is 136 Å². The van der Waals surface area contributed by atoms with Crippen LogP contribution in [-0.2, 0) is 32.7 Å². The van der Waals surface area contributed by atoms with Gasteiger partial charge in [0.1, 0.15) is 0 Å². The van der Waals surface area contributed by atoms with Crippen molar-refractivity contribution in [3.8, 4) is 0 Å². The van der Waals surface area contributed by atoms with Gasteiger partial charge in [-0.3, -0.25) is 0 Å². The zero-order valence-electron chi connectivity index (χ0n) is 18.4. The quantitative estimate of drug-likeness (QED) is 0.180. The van der Waals surface area contributed by atoms with E-state index in [-0.39, 0.29) is 32.7 Å². The van der Waals surface area contributed by atoms with Crippen molar-refractivity contribution in [2.24, 2.45) is 0 Å². The molecule has 0 unspecified atom stereocenters. The second kappa shape index (κ2) is 40.0. The first-order chi connectivity index (χ1) is 11.7. The molecular weight excluding hydrogens is 377 g/mol. The van der Waals surface area contributed by atoms with Crippen molar-refractivity contribution < 1.29 is 32.7 Å². The molecule has 150 valence electrons. The van der Waals surface area contributed by atoms with Crippen LogP contribution >= 0.6 is 0 Å². The molecule has 0 N–H and O–H groups in total. The topological polar surface area (TPSA) is 0 Å². The maximum absolute atomic E-state index is 3.78. The Labute approximate surface area is 189 Å². The standard InChI is InChI=1S/3C8H17.Y/c3*1-3-5-7-8-6-4-2;/h3*1,3-8H2,2H3;/q3*-1;+3. The molecule has 0 heterocycles. The summed E-state index contributed by atoms with van der Waals surface area (Å²) in [4.78, 5) is 0. The monoisotopic (exact) mass is 428 g/mol. The molecule has 0 rings (SSSR count). The average Bonchev–Trinajstić information content (AvgIpc) is 2.61. The second-order valence-electron chi connectivity index (χ2n) is 6.80. The summed E-state index contributed by atoms with van der Waals surface area (Å²) in [7, 11) is 0. The van der Waals surface area contributed by atoms with E-state index in [4.69, 9.17) is 0 Å². The largest absolute Gasteiger partial charge is 3.00 e. The summed E-state index contributed by atoms with van der Waals surface area (Å²) in [6.07, 6.45) is 23.9. The van der Waals surface area contributed by atoms with Crippen LogP contribution in [0.3, 0.4) is 0 Å². The predicted octanol–water partition coefficient (Wildman–Crippen LogP) is 9.54. The number of hydrogen-bond donors (Lipinski definition) is 0. The minimum absolute atomic E-state index is 0. The fourth-order valence-corrected chi connectivity index (χ4v) is 2.34. The molecule has 0 aliphatic rings. The summed E-state index contributed by atoms with van der Waals surface area (Å²) in [6, 6.07) is 0. The van der Waals surface area contributed by atoms with Crippen LogP contribution < -0.4 is 0 Å². The molecule has 0 aliphatic carbocycles. The van der Waals surface area contributed by atoms with E-state index in [1.165, 1.54) is 96.3 Å². The molecule has 0 nitrogen and oxygen atoms in total. The normalized spacial score (nSPS) is 9.36. The van der Waals surface area contributed by atoms with Gasteiger partial charge in [0.2, 0.25) is 0 Å². The van der Waals surface area contributed by atoms with Crippen LogP contribution in [-0.4, -0.2) is 0 Å². The third kappa shape index (κ3) is 51.7. The molecule has 0 saturated carbocycles. The van der Waals surface area contributed by atoms with E-state index in [1.54, 1.807) is 0 Å². The zero-order valence-corrected chi connectivity index (χ0v) is 21.3. The van der Waals surface area contributed by atoms with Crippen molar-refractivity contribution in [1.82, 2.24) is 0 Å². The third-order valence-corrected chi connectivity index (χ3v) is 4.06. The first-order valence-electron chi connectivity index (χ1n) is 11.1. The summed E-state index contributed by atoms with van der Waals surface area (Å²) in [6.45, 7) is 18.1. The van der Waals surface area contributed by atoms with Gasteiger partial charge in [0.25, 0.3) is 0 Å². The molecular formula is C24H51Y. The molecule has 0 spiro atoms. The van der Waals surface area contributed by atoms with Crippen LogP contribution in [0, 0.1) is 20.8 Å². The number of unbranched alkanes of at least 4 members (excludes halogenated alkanes) is 15. The van der Waals surface area contributed by atoms with Crippen molar-refractivity contribution in [3.63, 3.8) is 0 Å². The van der Waals surface area contributed by atoms with Crippen molar-refractivity contribution in [1.29, 1.82) is 0 Å². The predicted molar refractivity (Wildman–Crippen MR) is 116 cm³/mol. The fraction of sp³-hybridized carbons (Fsp3) is 0.875. The number of hydrogen-bond acceptors (Lipinski definition) is 0. The minimum atomic E-state index is 0. The Kier molecular flexibility index (Phi) is 53.8. The summed E-state index contributed by atoms with van der Waals surface area (Å²) in [5.74, 6) is 0. The van der Waals surface area contributed by atoms with Crippen molar-refractivity contribution in [2.45, 2.75) is 136 Å². The molecule has 0 radical (unpaired) electrons. The smallest absolute Gasteiger partial charge is 0.343 e. The van der Waals surface area contributed by atoms with Gasteiger partial charge < -0.3 is 20.8 Å². The minimum Gasteiger partial charge on any atom is -0.343 e. The molecule has 0 fully saturated rings. The molecule has 0 aromatic carbocycles. The van der Waals surface area contributed by atoms with E-state index in [2.05, 4.69) is 41.5 Å². The van der Waals surface area contributed by atoms with Gasteiger partial charge in [-0.1, -0.05) is 117 Å². The van der Waals surface area contributed by atoms with E-state index in [0.717, 1.165) is 19.3 Å². The SMILES string of the molecule is [CH2-]CCCCCCC.[CH2-]CCCCCCC.[CH2-]CCCCCCC.[Y+3]. The molecule has 0 aromatic rings. The molecule has 0 atom stereocenters. The van der Waals surface area contributed by atoms with Gasteiger partial charge in [0.05, 0.1) is 0 Å². The van der Waals surface area contributed by atoms with Crippen LogP contribution in [0.25, 0.3) is 0 Å². The molecule has 25 heavy (non-hydrogen) atoms. The maximum atomic E-state index is 3.78. The summed E-state index contributed by atoms with van der Waals surface area (Å²) < 4.78 is 0. The fourth-order valence-electron chi connectivity index (χ4n) is 2.34. The van der Waals surface area contributed by atoms with Crippen molar-refractivity contribution in [3.05, 3.63) is 20.8 Å². The van der Waals surface area contributed by atoms with Gasteiger partial charge in [0.15, 0.2) is 0 Å². The van der Waals surface area contributed by atoms with Crippen LogP contribution in [0.5, 0.6) is 0 Å². The zero-order chi connectivity index (χ0) is 18.7. The Morgan fingerprint density at radius 1 is 0.360 bits per heavy atom. The third-order valence-electron chi connectivity index (χ3n) is 4.06. The van der Waals surface area contributed by atoms with Crippen molar-refractivity contribution >= 4 is 0 Å². The van der Waals surface area contributed by atoms with Gasteiger partial charge in [0, 0.05) is 0 Å². The Bertz CT molecular complexity index is 110. The van der Waals surface area contributed by atoms with Crippen LogP contribution in [0.2, 0.25) is 0 Å². The Morgan fingerprint density at radius 2 is 0.560 bits per heavy atom. The first kappa shape index (κ1) is 33.7. The van der Waals surface area contributed by atoms with E-state index in [9.17, 15) is 0 Å². The van der Waals surface area contributed by atoms with Gasteiger partial charge in [-0.25, -0.2) is 0 Å². The summed E-state index contributed by atoms with van der Waals surface area (Å²) in [5.41, 5.74) is 0. The maximum Gasteiger partial charge on any atom is 3.00 e. The van der Waals surface area contributed by atoms with Gasteiger partial charge >= 0.3 is 32.7 Å². The molecule has 0 saturated heterocycles. The second-order valence-corrected chi connectivity index (χ2v) is 6.80. The Morgan fingerprint density at radius 3 is 0.720 bits per heavy atom. The van der Waals surface area contributed by atoms with E-state index in [0.29, 0.717) is 0 Å². The Hall–Kier alpha value is 1.10. The molecule has 0 aromatic heterocycles. The van der Waals surface area contributed by atoms with Crippen molar-refractivity contribution in [2.75, 3.05) is 0 Å². The first-order valence-corrected chi connectivity index (χ1v) is 11.1. The van der Waals surface area contributed by atoms with Crippen LogP contribution in [0.15, 0.2) is 0 Å². The van der Waals surface area contributed by atoms with Gasteiger partial charge in [-0.2, -0.15) is 19.3 Å². The molecule has 0 amide bonds. The Balaban J connectivity index is -0.000000130. The summed E-state index contributed by atoms with van der Waals surface area (Å²) >= 11 is 0. The number of rotatable bonds is 15. The van der Waals surface area contributed by atoms with E-state index >= 15 is 0 Å². The average molecular weight is 429 g/mol. The van der Waals surface area contributed by atoms with Gasteiger partial charge in [-0.05, 0) is 0 Å². The van der Waals surface area contributed by atoms with Gasteiger partial charge in [-0.15, -0.1) is 0 Å². The van der Waals surface area contributed by atoms with E-state index in [1.807, 2.05) is 0 Å². The molecule has 1 heteroatoms. The summed E-state index contributed by atoms with van der Waals surface area (Å²) in [5, 5.41) is 0. The molecule has 0 bridgehead atoms. The van der Waals surface area contributed by atoms with E-state index < -0.39 is 0 Å². The van der Waals surface area contributed by atoms with Crippen LogP contribution in [0.4, 0.5) is 0 Å².